The lowest BCUT2D eigenvalue weighted by Gasteiger charge is -2.33. The number of amides is 2. The minimum atomic E-state index is -0.663. The summed E-state index contributed by atoms with van der Waals surface area (Å²) in [5.41, 5.74) is 1.11. The fourth-order valence-electron chi connectivity index (χ4n) is 3.66. The van der Waals surface area contributed by atoms with Crippen molar-refractivity contribution in [2.45, 2.75) is 65.1 Å². The van der Waals surface area contributed by atoms with Gasteiger partial charge in [-0.2, -0.15) is 0 Å². The van der Waals surface area contributed by atoms with E-state index in [1.165, 1.54) is 0 Å². The van der Waals surface area contributed by atoms with Crippen LogP contribution in [0, 0.1) is 0 Å². The Labute approximate surface area is 212 Å². The predicted molar refractivity (Wildman–Crippen MR) is 137 cm³/mol. The number of benzene rings is 2. The summed E-state index contributed by atoms with van der Waals surface area (Å²) < 4.78 is 10.7. The molecule has 0 spiro atoms. The minimum absolute atomic E-state index is 0.138. The van der Waals surface area contributed by atoms with Crippen molar-refractivity contribution in [2.75, 3.05) is 14.2 Å². The van der Waals surface area contributed by atoms with Gasteiger partial charge in [0.15, 0.2) is 11.5 Å². The van der Waals surface area contributed by atoms with Gasteiger partial charge in [0, 0.05) is 34.1 Å². The summed E-state index contributed by atoms with van der Waals surface area (Å²) in [5, 5.41) is 3.90. The van der Waals surface area contributed by atoms with Crippen LogP contribution in [0.15, 0.2) is 36.4 Å². The highest BCUT2D eigenvalue weighted by Crippen LogP contribution is 2.29. The van der Waals surface area contributed by atoms with Gasteiger partial charge in [-0.25, -0.2) is 0 Å². The molecule has 0 aromatic heterocycles. The molecular weight excluding hydrogens is 475 g/mol. The van der Waals surface area contributed by atoms with Crippen LogP contribution in [0.4, 0.5) is 0 Å². The third-order valence-electron chi connectivity index (χ3n) is 5.35. The van der Waals surface area contributed by atoms with E-state index in [2.05, 4.69) is 5.32 Å². The van der Waals surface area contributed by atoms with Crippen molar-refractivity contribution in [3.8, 4) is 11.5 Å². The van der Waals surface area contributed by atoms with Gasteiger partial charge in [-0.05, 0) is 63.4 Å². The van der Waals surface area contributed by atoms with Crippen molar-refractivity contribution in [1.82, 2.24) is 10.2 Å². The summed E-state index contributed by atoms with van der Waals surface area (Å²) in [6.45, 7) is 7.75. The summed E-state index contributed by atoms with van der Waals surface area (Å²) in [7, 11) is 3.15. The second-order valence-corrected chi connectivity index (χ2v) is 9.89. The predicted octanol–water partition coefficient (Wildman–Crippen LogP) is 5.67. The van der Waals surface area contributed by atoms with E-state index in [4.69, 9.17) is 32.7 Å². The number of halogens is 2. The van der Waals surface area contributed by atoms with Gasteiger partial charge in [-0.15, -0.1) is 0 Å². The molecule has 2 aromatic rings. The normalized spacial score (nSPS) is 12.1. The number of nitrogens with zero attached hydrogens (tertiary/aromatic N) is 1. The first kappa shape index (κ1) is 27.8. The quantitative estimate of drug-likeness (QED) is 0.449. The fraction of sp³-hybridized carbons (Fsp3) is 0.462. The third-order valence-corrected chi connectivity index (χ3v) is 6.06. The van der Waals surface area contributed by atoms with Crippen molar-refractivity contribution < 1.29 is 19.1 Å². The van der Waals surface area contributed by atoms with Crippen LogP contribution >= 0.6 is 23.2 Å². The number of carbonyl (C=O) groups is 2. The van der Waals surface area contributed by atoms with Crippen molar-refractivity contribution in [1.29, 1.82) is 0 Å². The van der Waals surface area contributed by atoms with Gasteiger partial charge in [0.25, 0.3) is 0 Å². The summed E-state index contributed by atoms with van der Waals surface area (Å²) in [6.07, 6.45) is 1.13. The summed E-state index contributed by atoms with van der Waals surface area (Å²) in [5.74, 6) is 0.847. The highest BCUT2D eigenvalue weighted by molar-refractivity contribution is 6.36. The molecule has 1 atom stereocenters. The van der Waals surface area contributed by atoms with Gasteiger partial charge in [0.2, 0.25) is 11.8 Å². The SMILES string of the molecule is CC[C@H](C(=O)NC(C)(C)C)N(Cc1c(Cl)cccc1Cl)C(=O)CCc1ccc(OC)c(OC)c1. The Balaban J connectivity index is 2.32. The second-order valence-electron chi connectivity index (χ2n) is 9.07. The lowest BCUT2D eigenvalue weighted by atomic mass is 10.0. The van der Waals surface area contributed by atoms with E-state index >= 15 is 0 Å². The van der Waals surface area contributed by atoms with E-state index in [1.54, 1.807) is 37.3 Å². The molecule has 34 heavy (non-hydrogen) atoms. The molecule has 0 aliphatic carbocycles. The molecule has 2 rings (SSSR count). The zero-order chi connectivity index (χ0) is 25.5. The molecule has 0 bridgehead atoms. The van der Waals surface area contributed by atoms with Crippen molar-refractivity contribution in [3.05, 3.63) is 57.6 Å². The Morgan fingerprint density at radius 2 is 1.65 bits per heavy atom. The van der Waals surface area contributed by atoms with E-state index in [0.717, 1.165) is 5.56 Å². The number of hydrogen-bond acceptors (Lipinski definition) is 4. The fourth-order valence-corrected chi connectivity index (χ4v) is 4.17. The first-order valence-electron chi connectivity index (χ1n) is 11.3. The highest BCUT2D eigenvalue weighted by atomic mass is 35.5. The number of ether oxygens (including phenoxy) is 2. The Morgan fingerprint density at radius 1 is 1.03 bits per heavy atom. The van der Waals surface area contributed by atoms with Crippen LogP contribution in [0.3, 0.4) is 0 Å². The Morgan fingerprint density at radius 3 is 2.18 bits per heavy atom. The van der Waals surface area contributed by atoms with Gasteiger partial charge in [-0.1, -0.05) is 42.3 Å². The van der Waals surface area contributed by atoms with Gasteiger partial charge >= 0.3 is 0 Å². The first-order chi connectivity index (χ1) is 16.0. The van der Waals surface area contributed by atoms with Crippen LogP contribution in [0.25, 0.3) is 0 Å². The Hall–Kier alpha value is -2.44. The lowest BCUT2D eigenvalue weighted by molar-refractivity contribution is -0.142. The average Bonchev–Trinajstić information content (AvgIpc) is 2.77. The standard InChI is InChI=1S/C26H34Cl2N2O4/c1-7-21(25(32)29-26(2,3)4)30(16-18-19(27)9-8-10-20(18)28)24(31)14-12-17-11-13-22(33-5)23(15-17)34-6/h8-11,13,15,21H,7,12,14,16H2,1-6H3,(H,29,32)/t21-/m1/s1. The highest BCUT2D eigenvalue weighted by Gasteiger charge is 2.31. The van der Waals surface area contributed by atoms with Crippen LogP contribution in [0.2, 0.25) is 10.0 Å². The molecule has 0 aliphatic heterocycles. The van der Waals surface area contributed by atoms with E-state index in [9.17, 15) is 9.59 Å². The summed E-state index contributed by atoms with van der Waals surface area (Å²) in [4.78, 5) is 28.2. The van der Waals surface area contributed by atoms with E-state index in [-0.39, 0.29) is 24.8 Å². The second kappa shape index (κ2) is 12.3. The van der Waals surface area contributed by atoms with Crippen molar-refractivity contribution in [2.24, 2.45) is 0 Å². The topological polar surface area (TPSA) is 67.9 Å². The lowest BCUT2D eigenvalue weighted by Crippen LogP contribution is -2.53. The number of aryl methyl sites for hydroxylation is 1. The number of rotatable bonds is 10. The molecule has 2 amide bonds. The van der Waals surface area contributed by atoms with Crippen molar-refractivity contribution in [3.63, 3.8) is 0 Å². The third kappa shape index (κ3) is 7.54. The maximum absolute atomic E-state index is 13.5. The molecule has 186 valence electrons. The minimum Gasteiger partial charge on any atom is -0.493 e. The molecule has 0 saturated carbocycles. The Bertz CT molecular complexity index is 985. The van der Waals surface area contributed by atoms with Crippen LogP contribution in [0.1, 0.15) is 51.7 Å². The van der Waals surface area contributed by atoms with E-state index in [1.807, 2.05) is 45.9 Å². The van der Waals surface area contributed by atoms with Gasteiger partial charge in [0.05, 0.1) is 14.2 Å². The molecular formula is C26H34Cl2N2O4. The molecule has 0 saturated heterocycles. The molecule has 2 aromatic carbocycles. The van der Waals surface area contributed by atoms with Crippen LogP contribution in [0.5, 0.6) is 11.5 Å². The number of carbonyl (C=O) groups excluding carboxylic acids is 2. The first-order valence-corrected chi connectivity index (χ1v) is 12.0. The van der Waals surface area contributed by atoms with Gasteiger partial charge in [0.1, 0.15) is 6.04 Å². The zero-order valence-corrected chi connectivity index (χ0v) is 22.2. The molecule has 0 radical (unpaired) electrons. The van der Waals surface area contributed by atoms with Crippen LogP contribution in [-0.4, -0.2) is 42.5 Å². The monoisotopic (exact) mass is 508 g/mol. The molecule has 0 heterocycles. The zero-order valence-electron chi connectivity index (χ0n) is 20.7. The van der Waals surface area contributed by atoms with E-state index < -0.39 is 11.6 Å². The largest absolute Gasteiger partial charge is 0.493 e. The smallest absolute Gasteiger partial charge is 0.243 e. The maximum Gasteiger partial charge on any atom is 0.243 e. The number of hydrogen-bond donors (Lipinski definition) is 1. The molecule has 0 unspecified atom stereocenters. The molecule has 6 nitrogen and oxygen atoms in total. The number of nitrogens with one attached hydrogen (secondary N) is 1. The molecule has 0 fully saturated rings. The van der Waals surface area contributed by atoms with Gasteiger partial charge in [-0.3, -0.25) is 9.59 Å². The average molecular weight is 509 g/mol. The maximum atomic E-state index is 13.5. The van der Waals surface area contributed by atoms with E-state index in [0.29, 0.717) is 39.9 Å². The van der Waals surface area contributed by atoms with Gasteiger partial charge < -0.3 is 19.7 Å². The Kier molecular flexibility index (Phi) is 10.1. The molecule has 1 N–H and O–H groups in total. The number of methoxy groups -OCH3 is 2. The summed E-state index contributed by atoms with van der Waals surface area (Å²) >= 11 is 12.8. The summed E-state index contributed by atoms with van der Waals surface area (Å²) in [6, 6.07) is 10.1. The van der Waals surface area contributed by atoms with Crippen molar-refractivity contribution >= 4 is 35.0 Å². The van der Waals surface area contributed by atoms with Crippen LogP contribution in [-0.2, 0) is 22.6 Å². The molecule has 8 heteroatoms. The van der Waals surface area contributed by atoms with Crippen LogP contribution < -0.4 is 14.8 Å². The molecule has 0 aliphatic rings.